The maximum atomic E-state index is 12.6. The molecule has 0 aliphatic carbocycles. The number of para-hydroxylation sites is 2. The van der Waals surface area contributed by atoms with E-state index in [0.717, 1.165) is 10.9 Å². The highest BCUT2D eigenvalue weighted by atomic mass is 16.2. The number of anilines is 3. The van der Waals surface area contributed by atoms with Crippen LogP contribution in [0.15, 0.2) is 72.8 Å². The Morgan fingerprint density at radius 1 is 0.806 bits per heavy atom. The molecule has 3 aromatic carbocycles. The number of aromatic amines is 1. The summed E-state index contributed by atoms with van der Waals surface area (Å²) in [4.78, 5) is 39.6. The van der Waals surface area contributed by atoms with E-state index in [9.17, 15) is 14.4 Å². The van der Waals surface area contributed by atoms with E-state index in [2.05, 4.69) is 15.6 Å². The molecule has 0 radical (unpaired) electrons. The predicted molar refractivity (Wildman–Crippen MR) is 122 cm³/mol. The van der Waals surface area contributed by atoms with Gasteiger partial charge in [-0.05, 0) is 67.6 Å². The van der Waals surface area contributed by atoms with Crippen molar-refractivity contribution in [3.8, 4) is 0 Å². The Kier molecular flexibility index (Phi) is 5.24. The summed E-state index contributed by atoms with van der Waals surface area (Å²) in [5.41, 5.74) is 9.57. The lowest BCUT2D eigenvalue weighted by atomic mass is 10.1. The molecule has 1 aromatic heterocycles. The second-order valence-corrected chi connectivity index (χ2v) is 7.11. The second-order valence-electron chi connectivity index (χ2n) is 7.11. The van der Waals surface area contributed by atoms with Crippen LogP contribution < -0.4 is 16.4 Å². The zero-order valence-electron chi connectivity index (χ0n) is 16.7. The number of nitrogen functional groups attached to an aromatic ring is 1. The van der Waals surface area contributed by atoms with Crippen molar-refractivity contribution in [1.82, 2.24) is 4.98 Å². The lowest BCUT2D eigenvalue weighted by Crippen LogP contribution is -2.14. The van der Waals surface area contributed by atoms with Crippen molar-refractivity contribution in [2.45, 2.75) is 6.92 Å². The average Bonchev–Trinajstić information content (AvgIpc) is 3.19. The third kappa shape index (κ3) is 4.30. The smallest absolute Gasteiger partial charge is 0.272 e. The van der Waals surface area contributed by atoms with Crippen LogP contribution in [0, 0.1) is 0 Å². The molecule has 31 heavy (non-hydrogen) atoms. The van der Waals surface area contributed by atoms with Crippen LogP contribution in [-0.4, -0.2) is 22.6 Å². The minimum atomic E-state index is -0.324. The van der Waals surface area contributed by atoms with Crippen molar-refractivity contribution >= 4 is 45.6 Å². The molecule has 0 saturated heterocycles. The van der Waals surface area contributed by atoms with Gasteiger partial charge >= 0.3 is 0 Å². The quantitative estimate of drug-likeness (QED) is 0.286. The van der Waals surface area contributed by atoms with Crippen molar-refractivity contribution in [3.63, 3.8) is 0 Å². The molecule has 2 amide bonds. The third-order valence-electron chi connectivity index (χ3n) is 4.89. The Morgan fingerprint density at radius 3 is 2.23 bits per heavy atom. The maximum Gasteiger partial charge on any atom is 0.272 e. The summed E-state index contributed by atoms with van der Waals surface area (Å²) in [7, 11) is 0. The fourth-order valence-corrected chi connectivity index (χ4v) is 3.18. The van der Waals surface area contributed by atoms with E-state index in [4.69, 9.17) is 5.73 Å². The molecular weight excluding hydrogens is 392 g/mol. The van der Waals surface area contributed by atoms with Crippen LogP contribution in [-0.2, 0) is 0 Å². The Balaban J connectivity index is 1.45. The van der Waals surface area contributed by atoms with Gasteiger partial charge in [-0.15, -0.1) is 0 Å². The highest BCUT2D eigenvalue weighted by molar-refractivity contribution is 6.08. The van der Waals surface area contributed by atoms with Crippen molar-refractivity contribution < 1.29 is 14.4 Å². The van der Waals surface area contributed by atoms with Gasteiger partial charge in [0.05, 0.1) is 11.4 Å². The van der Waals surface area contributed by atoms with E-state index < -0.39 is 0 Å². The largest absolute Gasteiger partial charge is 0.397 e. The maximum absolute atomic E-state index is 12.6. The average molecular weight is 412 g/mol. The van der Waals surface area contributed by atoms with Gasteiger partial charge in [0.1, 0.15) is 5.69 Å². The van der Waals surface area contributed by atoms with Gasteiger partial charge in [-0.3, -0.25) is 14.4 Å². The Hall–Kier alpha value is -4.39. The van der Waals surface area contributed by atoms with Gasteiger partial charge in [0, 0.05) is 27.7 Å². The minimum absolute atomic E-state index is 0.0341. The molecule has 7 nitrogen and oxygen atoms in total. The number of aromatic nitrogens is 1. The molecule has 0 aliphatic heterocycles. The summed E-state index contributed by atoms with van der Waals surface area (Å²) in [6.07, 6.45) is 0. The fourth-order valence-electron chi connectivity index (χ4n) is 3.18. The van der Waals surface area contributed by atoms with Gasteiger partial charge in [-0.1, -0.05) is 12.1 Å². The summed E-state index contributed by atoms with van der Waals surface area (Å²) in [6.45, 7) is 1.50. The van der Waals surface area contributed by atoms with Crippen molar-refractivity contribution in [1.29, 1.82) is 0 Å². The number of Topliss-reactive ketones (excluding diaryl/α,β-unsaturated/α-hetero) is 1. The Labute approximate surface area is 178 Å². The zero-order valence-corrected chi connectivity index (χ0v) is 16.7. The van der Waals surface area contributed by atoms with Gasteiger partial charge in [0.15, 0.2) is 5.78 Å². The van der Waals surface area contributed by atoms with E-state index in [0.29, 0.717) is 33.9 Å². The monoisotopic (exact) mass is 412 g/mol. The first-order valence-electron chi connectivity index (χ1n) is 9.62. The van der Waals surface area contributed by atoms with Crippen LogP contribution in [0.4, 0.5) is 17.1 Å². The molecule has 0 bridgehead atoms. The number of H-pyrrole nitrogens is 1. The molecule has 0 fully saturated rings. The summed E-state index contributed by atoms with van der Waals surface area (Å²) in [5.74, 6) is -0.657. The van der Waals surface area contributed by atoms with E-state index >= 15 is 0 Å². The second kappa shape index (κ2) is 8.16. The van der Waals surface area contributed by atoms with Crippen LogP contribution in [0.25, 0.3) is 10.9 Å². The molecule has 7 heteroatoms. The molecule has 0 spiro atoms. The minimum Gasteiger partial charge on any atom is -0.397 e. The summed E-state index contributed by atoms with van der Waals surface area (Å²) >= 11 is 0. The van der Waals surface area contributed by atoms with Crippen molar-refractivity contribution in [2.24, 2.45) is 0 Å². The lowest BCUT2D eigenvalue weighted by molar-refractivity contribution is 0.101. The normalized spacial score (nSPS) is 10.6. The Bertz CT molecular complexity index is 1310. The number of amides is 2. The highest BCUT2D eigenvalue weighted by Crippen LogP contribution is 2.20. The summed E-state index contributed by atoms with van der Waals surface area (Å²) in [6, 6.07) is 20.5. The van der Waals surface area contributed by atoms with Crippen molar-refractivity contribution in [3.05, 3.63) is 89.6 Å². The summed E-state index contributed by atoms with van der Waals surface area (Å²) < 4.78 is 0. The number of hydrogen-bond donors (Lipinski definition) is 4. The predicted octanol–water partition coefficient (Wildman–Crippen LogP) is 4.46. The fraction of sp³-hybridized carbons (Fsp3) is 0.0417. The van der Waals surface area contributed by atoms with Crippen LogP contribution in [0.1, 0.15) is 38.1 Å². The molecule has 0 unspecified atom stereocenters. The number of carbonyl (C=O) groups excluding carboxylic acids is 3. The van der Waals surface area contributed by atoms with Gasteiger partial charge in [-0.2, -0.15) is 0 Å². The number of ketones is 1. The molecule has 0 saturated carbocycles. The molecule has 4 aromatic rings. The molecule has 0 atom stereocenters. The number of carbonyl (C=O) groups is 3. The van der Waals surface area contributed by atoms with Gasteiger partial charge in [0.2, 0.25) is 0 Å². The van der Waals surface area contributed by atoms with E-state index in [-0.39, 0.29) is 17.6 Å². The zero-order chi connectivity index (χ0) is 22.0. The molecule has 4 rings (SSSR count). The van der Waals surface area contributed by atoms with E-state index in [1.165, 1.54) is 6.92 Å². The van der Waals surface area contributed by atoms with E-state index in [1.807, 2.05) is 0 Å². The van der Waals surface area contributed by atoms with E-state index in [1.54, 1.807) is 72.8 Å². The number of rotatable bonds is 5. The number of nitrogens with two attached hydrogens (primary N) is 1. The molecule has 1 heterocycles. The molecule has 5 N–H and O–H groups in total. The standard InChI is InChI=1S/C24H20N4O3/c1-14(29)16-8-11-20-17(12-16)13-22(27-20)24(31)26-18-9-6-15(7-10-18)23(30)28-21-5-3-2-4-19(21)25/h2-13,27H,25H2,1H3,(H,26,31)(H,28,30). The van der Waals surface area contributed by atoms with Gasteiger partial charge in [0.25, 0.3) is 11.8 Å². The van der Waals surface area contributed by atoms with Crippen LogP contribution in [0.3, 0.4) is 0 Å². The molecule has 0 aliphatic rings. The third-order valence-corrected chi connectivity index (χ3v) is 4.89. The first kappa shape index (κ1) is 19.9. The number of hydrogen-bond acceptors (Lipinski definition) is 4. The Morgan fingerprint density at radius 2 is 1.52 bits per heavy atom. The van der Waals surface area contributed by atoms with Gasteiger partial charge < -0.3 is 21.4 Å². The van der Waals surface area contributed by atoms with Crippen LogP contribution in [0.2, 0.25) is 0 Å². The first-order valence-corrected chi connectivity index (χ1v) is 9.62. The highest BCUT2D eigenvalue weighted by Gasteiger charge is 2.12. The topological polar surface area (TPSA) is 117 Å². The van der Waals surface area contributed by atoms with Crippen LogP contribution >= 0.6 is 0 Å². The number of benzene rings is 3. The number of fused-ring (bicyclic) bond motifs is 1. The molecular formula is C24H20N4O3. The number of nitrogens with one attached hydrogen (secondary N) is 3. The first-order chi connectivity index (χ1) is 14.9. The van der Waals surface area contributed by atoms with Crippen molar-refractivity contribution in [2.75, 3.05) is 16.4 Å². The SMILES string of the molecule is CC(=O)c1ccc2[nH]c(C(=O)Nc3ccc(C(=O)Nc4ccccc4N)cc3)cc2c1. The van der Waals surface area contributed by atoms with Crippen LogP contribution in [0.5, 0.6) is 0 Å². The van der Waals surface area contributed by atoms with Gasteiger partial charge in [-0.25, -0.2) is 0 Å². The molecule has 154 valence electrons. The lowest BCUT2D eigenvalue weighted by Gasteiger charge is -2.09. The summed E-state index contributed by atoms with van der Waals surface area (Å²) in [5, 5.41) is 6.33.